The molecule has 1 saturated carbocycles. The van der Waals surface area contributed by atoms with E-state index in [1.54, 1.807) is 6.92 Å². The molecular weight excluding hydrogens is 326 g/mol. The van der Waals surface area contributed by atoms with E-state index in [-0.39, 0.29) is 12.6 Å². The molecule has 0 bridgehead atoms. The fourth-order valence-electron chi connectivity index (χ4n) is 3.99. The van der Waals surface area contributed by atoms with Crippen molar-refractivity contribution >= 4 is 5.97 Å². The number of hydrogen-bond acceptors (Lipinski definition) is 4. The van der Waals surface area contributed by atoms with Gasteiger partial charge in [0.1, 0.15) is 0 Å². The zero-order valence-corrected chi connectivity index (χ0v) is 15.6. The second kappa shape index (κ2) is 8.45. The third kappa shape index (κ3) is 3.51. The minimum atomic E-state index is -0.358. The van der Waals surface area contributed by atoms with Crippen molar-refractivity contribution in [3.05, 3.63) is 52.8 Å². The van der Waals surface area contributed by atoms with Crippen LogP contribution in [0.2, 0.25) is 0 Å². The highest BCUT2D eigenvalue weighted by Crippen LogP contribution is 2.40. The Morgan fingerprint density at radius 3 is 2.46 bits per heavy atom. The Labute approximate surface area is 155 Å². The molecule has 138 valence electrons. The van der Waals surface area contributed by atoms with E-state index in [0.717, 1.165) is 40.9 Å². The summed E-state index contributed by atoms with van der Waals surface area (Å²) in [6.07, 6.45) is 5.23. The molecule has 0 saturated heterocycles. The number of benzene rings is 1. The van der Waals surface area contributed by atoms with Crippen LogP contribution in [0.3, 0.4) is 0 Å². The first-order valence-corrected chi connectivity index (χ1v) is 9.60. The topological polar surface area (TPSA) is 59.4 Å². The van der Waals surface area contributed by atoms with Crippen molar-refractivity contribution in [3.63, 3.8) is 0 Å². The molecule has 2 aromatic rings. The molecule has 1 aliphatic rings. The van der Waals surface area contributed by atoms with Gasteiger partial charge in [0.05, 0.1) is 24.5 Å². The van der Waals surface area contributed by atoms with Crippen molar-refractivity contribution in [2.45, 2.75) is 58.5 Å². The third-order valence-corrected chi connectivity index (χ3v) is 5.18. The van der Waals surface area contributed by atoms with Gasteiger partial charge in [0.15, 0.2) is 0 Å². The number of esters is 1. The average molecular weight is 353 g/mol. The number of carbonyl (C=O) groups is 1. The number of pyridine rings is 1. The van der Waals surface area contributed by atoms with Crippen LogP contribution >= 0.6 is 0 Å². The number of aromatic nitrogens is 1. The molecule has 1 aliphatic carbocycles. The van der Waals surface area contributed by atoms with Gasteiger partial charge in [0, 0.05) is 22.7 Å². The summed E-state index contributed by atoms with van der Waals surface area (Å²) in [5.74, 6) is 0.00420. The highest BCUT2D eigenvalue weighted by atomic mass is 16.5. The molecule has 1 aromatic carbocycles. The van der Waals surface area contributed by atoms with Gasteiger partial charge in [-0.25, -0.2) is 4.79 Å². The number of aliphatic hydroxyl groups is 1. The van der Waals surface area contributed by atoms with E-state index in [4.69, 9.17) is 9.72 Å². The Morgan fingerprint density at radius 2 is 1.88 bits per heavy atom. The average Bonchev–Trinajstić information content (AvgIpc) is 3.21. The van der Waals surface area contributed by atoms with Gasteiger partial charge in [0.2, 0.25) is 0 Å². The van der Waals surface area contributed by atoms with E-state index in [1.807, 2.05) is 37.3 Å². The number of hydrogen-bond donors (Lipinski definition) is 1. The van der Waals surface area contributed by atoms with E-state index in [1.165, 1.54) is 12.8 Å². The predicted molar refractivity (Wildman–Crippen MR) is 102 cm³/mol. The largest absolute Gasteiger partial charge is 0.462 e. The van der Waals surface area contributed by atoms with Gasteiger partial charge in [-0.1, -0.05) is 50.1 Å². The quantitative estimate of drug-likeness (QED) is 0.769. The molecule has 1 N–H and O–H groups in total. The first kappa shape index (κ1) is 18.6. The standard InChI is InChI=1S/C22H27NO3/c1-3-18-20(22(25)26-4-2)19(15-10-6-5-7-11-15)17(14-24)21(23-18)16-12-8-9-13-16/h5-7,10-11,16,24H,3-4,8-9,12-14H2,1-2H3. The van der Waals surface area contributed by atoms with Gasteiger partial charge < -0.3 is 9.84 Å². The van der Waals surface area contributed by atoms with Crippen LogP contribution in [0.1, 0.15) is 72.8 Å². The lowest BCUT2D eigenvalue weighted by molar-refractivity contribution is 0.0525. The molecule has 1 fully saturated rings. The zero-order chi connectivity index (χ0) is 18.5. The predicted octanol–water partition coefficient (Wildman–Crippen LogP) is 4.64. The van der Waals surface area contributed by atoms with E-state index < -0.39 is 0 Å². The molecular formula is C22H27NO3. The second-order valence-corrected chi connectivity index (χ2v) is 6.75. The highest BCUT2D eigenvalue weighted by Gasteiger charge is 2.29. The third-order valence-electron chi connectivity index (χ3n) is 5.18. The second-order valence-electron chi connectivity index (χ2n) is 6.75. The smallest absolute Gasteiger partial charge is 0.340 e. The number of aryl methyl sites for hydroxylation is 1. The molecule has 0 spiro atoms. The van der Waals surface area contributed by atoms with Crippen LogP contribution in [0.5, 0.6) is 0 Å². The van der Waals surface area contributed by atoms with Crippen LogP contribution in [0.15, 0.2) is 30.3 Å². The fraction of sp³-hybridized carbons (Fsp3) is 0.455. The van der Waals surface area contributed by atoms with Gasteiger partial charge in [-0.05, 0) is 31.7 Å². The lowest BCUT2D eigenvalue weighted by Crippen LogP contribution is -2.17. The summed E-state index contributed by atoms with van der Waals surface area (Å²) in [5.41, 5.74) is 4.74. The number of nitrogens with zero attached hydrogens (tertiary/aromatic N) is 1. The van der Waals surface area contributed by atoms with Crippen molar-refractivity contribution in [2.24, 2.45) is 0 Å². The summed E-state index contributed by atoms with van der Waals surface area (Å²) in [6.45, 7) is 4.00. The van der Waals surface area contributed by atoms with Crippen LogP contribution in [0.25, 0.3) is 11.1 Å². The number of ether oxygens (including phenoxy) is 1. The van der Waals surface area contributed by atoms with Gasteiger partial charge in [0.25, 0.3) is 0 Å². The molecule has 0 radical (unpaired) electrons. The lowest BCUT2D eigenvalue weighted by atomic mass is 9.87. The minimum absolute atomic E-state index is 0.126. The summed E-state index contributed by atoms with van der Waals surface area (Å²) in [5, 5.41) is 10.2. The van der Waals surface area contributed by atoms with Crippen molar-refractivity contribution in [1.82, 2.24) is 4.98 Å². The molecule has 0 atom stereocenters. The van der Waals surface area contributed by atoms with E-state index in [2.05, 4.69) is 0 Å². The normalized spacial score (nSPS) is 14.6. The highest BCUT2D eigenvalue weighted by molar-refractivity contribution is 5.99. The van der Waals surface area contributed by atoms with Crippen molar-refractivity contribution in [1.29, 1.82) is 0 Å². The maximum Gasteiger partial charge on any atom is 0.340 e. The van der Waals surface area contributed by atoms with Crippen LogP contribution < -0.4 is 0 Å². The maximum absolute atomic E-state index is 12.8. The van der Waals surface area contributed by atoms with Gasteiger partial charge in [-0.2, -0.15) is 0 Å². The Morgan fingerprint density at radius 1 is 1.19 bits per heavy atom. The summed E-state index contributed by atoms with van der Waals surface area (Å²) in [6, 6.07) is 9.82. The van der Waals surface area contributed by atoms with Crippen LogP contribution in [0.4, 0.5) is 0 Å². The fourth-order valence-corrected chi connectivity index (χ4v) is 3.99. The Balaban J connectivity index is 2.30. The number of aliphatic hydroxyl groups excluding tert-OH is 1. The summed E-state index contributed by atoms with van der Waals surface area (Å²) in [4.78, 5) is 17.6. The molecule has 1 heterocycles. The van der Waals surface area contributed by atoms with E-state index in [9.17, 15) is 9.90 Å². The van der Waals surface area contributed by atoms with Crippen LogP contribution in [0, 0.1) is 0 Å². The molecule has 3 rings (SSSR count). The van der Waals surface area contributed by atoms with Crippen molar-refractivity contribution in [2.75, 3.05) is 6.61 Å². The van der Waals surface area contributed by atoms with E-state index in [0.29, 0.717) is 24.5 Å². The molecule has 0 amide bonds. The van der Waals surface area contributed by atoms with E-state index >= 15 is 0 Å². The Kier molecular flexibility index (Phi) is 6.04. The molecule has 26 heavy (non-hydrogen) atoms. The van der Waals surface area contributed by atoms with Crippen LogP contribution in [-0.2, 0) is 17.8 Å². The zero-order valence-electron chi connectivity index (χ0n) is 15.6. The first-order chi connectivity index (χ1) is 12.7. The molecule has 4 nitrogen and oxygen atoms in total. The maximum atomic E-state index is 12.8. The van der Waals surface area contributed by atoms with Crippen LogP contribution in [-0.4, -0.2) is 22.7 Å². The Bertz CT molecular complexity index is 765. The van der Waals surface area contributed by atoms with Gasteiger partial charge >= 0.3 is 5.97 Å². The molecule has 0 unspecified atom stereocenters. The lowest BCUT2D eigenvalue weighted by Gasteiger charge is -2.22. The SMILES string of the molecule is CCOC(=O)c1c(CC)nc(C2CCCC2)c(CO)c1-c1ccccc1. The molecule has 0 aliphatic heterocycles. The summed E-state index contributed by atoms with van der Waals surface area (Å²) >= 11 is 0. The number of carbonyl (C=O) groups excluding carboxylic acids is 1. The minimum Gasteiger partial charge on any atom is -0.462 e. The number of rotatable bonds is 6. The monoisotopic (exact) mass is 353 g/mol. The van der Waals surface area contributed by atoms with Crippen molar-refractivity contribution in [3.8, 4) is 11.1 Å². The molecule has 4 heteroatoms. The van der Waals surface area contributed by atoms with Gasteiger partial charge in [-0.3, -0.25) is 4.98 Å². The Hall–Kier alpha value is -2.20. The van der Waals surface area contributed by atoms with Crippen molar-refractivity contribution < 1.29 is 14.6 Å². The molecule has 1 aromatic heterocycles. The summed E-state index contributed by atoms with van der Waals surface area (Å²) in [7, 11) is 0. The summed E-state index contributed by atoms with van der Waals surface area (Å²) < 4.78 is 5.34. The first-order valence-electron chi connectivity index (χ1n) is 9.60. The van der Waals surface area contributed by atoms with Gasteiger partial charge in [-0.15, -0.1) is 0 Å².